The van der Waals surface area contributed by atoms with Crippen molar-refractivity contribution in [2.24, 2.45) is 61.6 Å². The summed E-state index contributed by atoms with van der Waals surface area (Å²) >= 11 is 0. The highest BCUT2D eigenvalue weighted by molar-refractivity contribution is 5.79. The fraction of sp³-hybridized carbons (Fsp3) is 0.844. The van der Waals surface area contributed by atoms with Crippen molar-refractivity contribution in [2.45, 2.75) is 148 Å². The lowest BCUT2D eigenvalue weighted by atomic mass is 9.27. The molecular weight excluding hydrogens is 773 g/mol. The molecule has 0 radical (unpaired) electrons. The van der Waals surface area contributed by atoms with Crippen LogP contribution >= 0.6 is 0 Å². The van der Waals surface area contributed by atoms with Crippen LogP contribution in [-0.2, 0) is 25.5 Å². The second-order valence-corrected chi connectivity index (χ2v) is 22.0. The van der Waals surface area contributed by atoms with Crippen LogP contribution in [-0.4, -0.2) is 133 Å². The van der Waals surface area contributed by atoms with Gasteiger partial charge in [-0.1, -0.05) is 46.3 Å². The molecule has 5 aliphatic carbocycles. The van der Waals surface area contributed by atoms with E-state index in [1.165, 1.54) is 5.57 Å². The number of carbonyl (C=O) groups is 2. The lowest BCUT2D eigenvalue weighted by Crippen LogP contribution is -2.84. The molecule has 9 rings (SSSR count). The molecule has 4 heterocycles. The number of imidazole rings is 1. The van der Waals surface area contributed by atoms with Crippen molar-refractivity contribution in [3.05, 3.63) is 29.9 Å². The number of carbonyl (C=O) groups excluding carboxylic acids is 1. The summed E-state index contributed by atoms with van der Waals surface area (Å²) in [5.41, 5.74) is -2.75. The van der Waals surface area contributed by atoms with Crippen molar-refractivity contribution in [3.63, 3.8) is 0 Å². The molecule has 0 aromatic carbocycles. The fourth-order valence-electron chi connectivity index (χ4n) is 16.0. The van der Waals surface area contributed by atoms with Gasteiger partial charge in [-0.25, -0.2) is 4.98 Å². The van der Waals surface area contributed by atoms with E-state index in [1.54, 1.807) is 12.5 Å². The van der Waals surface area contributed by atoms with E-state index < -0.39 is 75.3 Å². The van der Waals surface area contributed by atoms with E-state index in [-0.39, 0.29) is 73.3 Å². The molecule has 15 heteroatoms. The van der Waals surface area contributed by atoms with Crippen LogP contribution in [0.3, 0.4) is 0 Å². The Hall–Kier alpha value is -2.47. The zero-order chi connectivity index (χ0) is 43.0. The number of H-pyrrole nitrogens is 1. The molecule has 1 amide bonds. The summed E-state index contributed by atoms with van der Waals surface area (Å²) in [6.07, 6.45) is 3.18. The van der Waals surface area contributed by atoms with E-state index in [2.05, 4.69) is 54.4 Å². The number of ether oxygens (including phenoxy) is 2. The van der Waals surface area contributed by atoms with Gasteiger partial charge in [0.1, 0.15) is 18.3 Å². The standard InChI is InChI=1S/C45H68N4O11/c1-39(20-50)8-10-44(38(57)58)11-9-41(3)25(26(44)15-39)6-7-30-42(41,4)16-28-34-40(2,21-51)36(60-37-33(55)32(54)29(52)18-59-37)35(56)45(19-47-28,43(30,34)5)14-23-12-31(53)49-27(23)13-24-17-46-22-48-24/h6,17,22-23,26-30,32-37,47,50-52,54-56H,7-16,18-21H2,1-5H3,(H,46,48)(H,49,53)(H,57,58). The van der Waals surface area contributed by atoms with E-state index in [0.717, 1.165) is 12.1 Å². The average molecular weight is 841 g/mol. The molecule has 10 N–H and O–H groups in total. The number of nitrogens with zero attached hydrogens (tertiary/aromatic N) is 1. The van der Waals surface area contributed by atoms with Gasteiger partial charge in [0.25, 0.3) is 0 Å². The number of aliphatic hydroxyl groups is 6. The summed E-state index contributed by atoms with van der Waals surface area (Å²) in [6.45, 7) is 10.8. The number of aliphatic hydroxyl groups excluding tert-OH is 6. The van der Waals surface area contributed by atoms with E-state index in [4.69, 9.17) is 9.47 Å². The van der Waals surface area contributed by atoms with Crippen molar-refractivity contribution in [3.8, 4) is 0 Å². The number of aliphatic carboxylic acids is 1. The van der Waals surface area contributed by atoms with Gasteiger partial charge in [-0.05, 0) is 96.7 Å². The number of hydrogen-bond acceptors (Lipinski definition) is 12. The maximum absolute atomic E-state index is 13.4. The predicted octanol–water partition coefficient (Wildman–Crippen LogP) is 1.65. The second kappa shape index (κ2) is 14.3. The van der Waals surface area contributed by atoms with E-state index in [0.29, 0.717) is 57.9 Å². The molecule has 15 nitrogen and oxygen atoms in total. The van der Waals surface area contributed by atoms with Crippen LogP contribution in [0.2, 0.25) is 0 Å². The number of aromatic amines is 1. The van der Waals surface area contributed by atoms with Crippen LogP contribution < -0.4 is 10.6 Å². The van der Waals surface area contributed by atoms with Gasteiger partial charge in [-0.2, -0.15) is 0 Å². The lowest BCUT2D eigenvalue weighted by Gasteiger charge is -2.80. The minimum atomic E-state index is -1.60. The quantitative estimate of drug-likeness (QED) is 0.126. The third kappa shape index (κ3) is 5.61. The highest BCUT2D eigenvalue weighted by Crippen LogP contribution is 2.80. The summed E-state index contributed by atoms with van der Waals surface area (Å²) < 4.78 is 12.5. The zero-order valence-corrected chi connectivity index (χ0v) is 35.8. The molecule has 8 aliphatic rings. The number of nitrogens with one attached hydrogen (secondary N) is 3. The second-order valence-electron chi connectivity index (χ2n) is 22.0. The molecule has 3 aliphatic heterocycles. The minimum absolute atomic E-state index is 0.000574. The van der Waals surface area contributed by atoms with Crippen LogP contribution in [0.25, 0.3) is 0 Å². The molecule has 60 heavy (non-hydrogen) atoms. The molecule has 4 saturated carbocycles. The summed E-state index contributed by atoms with van der Waals surface area (Å²) in [5, 5.41) is 86.0. The monoisotopic (exact) mass is 840 g/mol. The Labute approximate surface area is 352 Å². The lowest BCUT2D eigenvalue weighted by molar-refractivity contribution is -0.370. The van der Waals surface area contributed by atoms with E-state index >= 15 is 0 Å². The third-order valence-electron chi connectivity index (χ3n) is 19.5. The van der Waals surface area contributed by atoms with Gasteiger partial charge in [0.05, 0.1) is 37.2 Å². The van der Waals surface area contributed by atoms with Crippen molar-refractivity contribution in [1.82, 2.24) is 20.6 Å². The zero-order valence-electron chi connectivity index (χ0n) is 35.8. The van der Waals surface area contributed by atoms with Gasteiger partial charge in [0.2, 0.25) is 5.91 Å². The Kier molecular flexibility index (Phi) is 10.2. The SMILES string of the molecule is CC1(CO)CCC2(C(=O)O)CCC3(C)C(=CCC4C3(C)CC3NCC5(CC6CC(=O)NC6Cc6cnc[nH]6)C(O)C(OC6OCC(O)C(O)C6O)C(C)(CO)C3C45C)C2C1. The van der Waals surface area contributed by atoms with Gasteiger partial charge in [-0.3, -0.25) is 9.59 Å². The van der Waals surface area contributed by atoms with Crippen LogP contribution in [0.1, 0.15) is 98.1 Å². The summed E-state index contributed by atoms with van der Waals surface area (Å²) in [4.78, 5) is 34.1. The summed E-state index contributed by atoms with van der Waals surface area (Å²) in [6, 6.07) is -0.407. The van der Waals surface area contributed by atoms with E-state index in [9.17, 15) is 45.3 Å². The predicted molar refractivity (Wildman–Crippen MR) is 215 cm³/mol. The van der Waals surface area contributed by atoms with Crippen molar-refractivity contribution in [1.29, 1.82) is 0 Å². The molecule has 0 spiro atoms. The number of fused-ring (bicyclic) bond motifs is 5. The normalized spacial score (nSPS) is 53.3. The van der Waals surface area contributed by atoms with Crippen LogP contribution in [0, 0.1) is 61.6 Å². The Morgan fingerprint density at radius 2 is 1.75 bits per heavy atom. The highest BCUT2D eigenvalue weighted by Gasteiger charge is 2.80. The molecule has 7 fully saturated rings. The van der Waals surface area contributed by atoms with Crippen LogP contribution in [0.4, 0.5) is 0 Å². The highest BCUT2D eigenvalue weighted by atomic mass is 16.7. The molecule has 4 bridgehead atoms. The fourth-order valence-corrected chi connectivity index (χ4v) is 16.0. The Bertz CT molecular complexity index is 1880. The number of hydrogen-bond donors (Lipinski definition) is 10. The number of amides is 1. The topological polar surface area (TPSA) is 247 Å². The first kappa shape index (κ1) is 42.8. The Morgan fingerprint density at radius 3 is 2.43 bits per heavy atom. The number of carboxylic acid groups (broad SMARTS) is 1. The van der Waals surface area contributed by atoms with Gasteiger partial charge in [0, 0.05) is 60.8 Å². The molecule has 19 atom stereocenters. The summed E-state index contributed by atoms with van der Waals surface area (Å²) in [5.74, 6) is -1.56. The minimum Gasteiger partial charge on any atom is -0.481 e. The van der Waals surface area contributed by atoms with Gasteiger partial charge < -0.3 is 60.8 Å². The van der Waals surface area contributed by atoms with Crippen molar-refractivity contribution < 1.29 is 54.8 Å². The Morgan fingerprint density at radius 1 is 1.00 bits per heavy atom. The smallest absolute Gasteiger partial charge is 0.310 e. The molecule has 334 valence electrons. The van der Waals surface area contributed by atoms with Crippen LogP contribution in [0.5, 0.6) is 0 Å². The average Bonchev–Trinajstić information content (AvgIpc) is 3.85. The number of aromatic nitrogens is 2. The first-order chi connectivity index (χ1) is 28.3. The maximum Gasteiger partial charge on any atom is 0.310 e. The Balaban J connectivity index is 1.18. The van der Waals surface area contributed by atoms with Crippen molar-refractivity contribution >= 4 is 11.9 Å². The summed E-state index contributed by atoms with van der Waals surface area (Å²) in [7, 11) is 0. The molecule has 1 aromatic heterocycles. The third-order valence-corrected chi connectivity index (χ3v) is 19.5. The molecular formula is C45H68N4O11. The van der Waals surface area contributed by atoms with Gasteiger partial charge in [-0.15, -0.1) is 0 Å². The largest absolute Gasteiger partial charge is 0.481 e. The van der Waals surface area contributed by atoms with Crippen LogP contribution in [0.15, 0.2) is 24.2 Å². The number of carboxylic acids is 1. The number of allylic oxidation sites excluding steroid dienone is 2. The first-order valence-corrected chi connectivity index (χ1v) is 22.4. The maximum atomic E-state index is 13.4. The van der Waals surface area contributed by atoms with Crippen molar-refractivity contribution in [2.75, 3.05) is 26.4 Å². The number of rotatable bonds is 9. The first-order valence-electron chi connectivity index (χ1n) is 22.4. The molecule has 1 aromatic rings. The molecule has 3 saturated heterocycles. The van der Waals surface area contributed by atoms with E-state index in [1.807, 2.05) is 6.92 Å². The van der Waals surface area contributed by atoms with Gasteiger partial charge in [0.15, 0.2) is 6.29 Å². The number of piperidine rings is 1. The van der Waals surface area contributed by atoms with Gasteiger partial charge >= 0.3 is 5.97 Å². The molecule has 19 unspecified atom stereocenters.